The molecule has 0 saturated carbocycles. The van der Waals surface area contributed by atoms with E-state index in [2.05, 4.69) is 5.16 Å². The van der Waals surface area contributed by atoms with Gasteiger partial charge in [0.2, 0.25) is 0 Å². The van der Waals surface area contributed by atoms with E-state index in [4.69, 9.17) is 10.9 Å². The van der Waals surface area contributed by atoms with Crippen molar-refractivity contribution in [3.8, 4) is 0 Å². The Morgan fingerprint density at radius 1 is 1.11 bits per heavy atom. The van der Waals surface area contributed by atoms with E-state index in [1.165, 1.54) is 23.9 Å². The first kappa shape index (κ1) is 13.4. The Morgan fingerprint density at radius 2 is 1.79 bits per heavy atom. The van der Waals surface area contributed by atoms with Gasteiger partial charge >= 0.3 is 0 Å². The smallest absolute Gasteiger partial charge is 0.170 e. The second kappa shape index (κ2) is 5.71. The summed E-state index contributed by atoms with van der Waals surface area (Å²) < 4.78 is 26.2. The van der Waals surface area contributed by atoms with Gasteiger partial charge in [-0.25, -0.2) is 8.78 Å². The number of nitrogens with zero attached hydrogens (tertiary/aromatic N) is 1. The number of oxime groups is 1. The number of amidine groups is 1. The number of benzene rings is 2. The van der Waals surface area contributed by atoms with Crippen molar-refractivity contribution in [3.63, 3.8) is 0 Å². The van der Waals surface area contributed by atoms with Gasteiger partial charge in [0, 0.05) is 21.4 Å². The zero-order chi connectivity index (χ0) is 13.8. The van der Waals surface area contributed by atoms with Gasteiger partial charge in [-0.2, -0.15) is 0 Å². The monoisotopic (exact) mass is 280 g/mol. The van der Waals surface area contributed by atoms with Crippen LogP contribution in [0.5, 0.6) is 0 Å². The lowest BCUT2D eigenvalue weighted by atomic mass is 10.2. The van der Waals surface area contributed by atoms with Crippen LogP contribution in [0.3, 0.4) is 0 Å². The number of hydrogen-bond acceptors (Lipinski definition) is 3. The van der Waals surface area contributed by atoms with Crippen molar-refractivity contribution < 1.29 is 14.0 Å². The molecule has 2 rings (SSSR count). The predicted molar refractivity (Wildman–Crippen MR) is 69.4 cm³/mol. The maximum atomic E-state index is 13.5. The van der Waals surface area contributed by atoms with Crippen molar-refractivity contribution in [3.05, 3.63) is 59.7 Å². The number of rotatable bonds is 3. The predicted octanol–water partition coefficient (Wildman–Crippen LogP) is 3.21. The summed E-state index contributed by atoms with van der Waals surface area (Å²) in [4.78, 5) is 1.10. The lowest BCUT2D eigenvalue weighted by Crippen LogP contribution is -2.12. The number of halogens is 2. The summed E-state index contributed by atoms with van der Waals surface area (Å²) >= 11 is 1.17. The van der Waals surface area contributed by atoms with Gasteiger partial charge in [-0.1, -0.05) is 29.1 Å². The van der Waals surface area contributed by atoms with Gasteiger partial charge in [-0.15, -0.1) is 0 Å². The van der Waals surface area contributed by atoms with E-state index in [-0.39, 0.29) is 5.84 Å². The minimum absolute atomic E-state index is 0.00418. The fourth-order valence-corrected chi connectivity index (χ4v) is 2.26. The summed E-state index contributed by atoms with van der Waals surface area (Å²) in [5.74, 6) is -1.21. The van der Waals surface area contributed by atoms with Crippen LogP contribution < -0.4 is 5.73 Å². The molecule has 0 aliphatic rings. The van der Waals surface area contributed by atoms with E-state index < -0.39 is 11.6 Å². The Kier molecular flexibility index (Phi) is 4.01. The van der Waals surface area contributed by atoms with Crippen LogP contribution in [0.1, 0.15) is 5.56 Å². The van der Waals surface area contributed by atoms with Gasteiger partial charge in [0.05, 0.1) is 0 Å². The van der Waals surface area contributed by atoms with E-state index in [0.717, 1.165) is 11.0 Å². The summed E-state index contributed by atoms with van der Waals surface area (Å²) in [6, 6.07) is 10.1. The zero-order valence-corrected chi connectivity index (χ0v) is 10.5. The van der Waals surface area contributed by atoms with Gasteiger partial charge in [0.15, 0.2) is 5.84 Å². The first-order valence-corrected chi connectivity index (χ1v) is 6.12. The molecule has 0 radical (unpaired) electrons. The van der Waals surface area contributed by atoms with E-state index in [9.17, 15) is 8.78 Å². The minimum Gasteiger partial charge on any atom is -0.409 e. The summed E-state index contributed by atoms with van der Waals surface area (Å²) in [5.41, 5.74) is 5.99. The van der Waals surface area contributed by atoms with Gasteiger partial charge in [0.25, 0.3) is 0 Å². The Hall–Kier alpha value is -2.08. The van der Waals surface area contributed by atoms with Crippen LogP contribution in [0.4, 0.5) is 8.78 Å². The highest BCUT2D eigenvalue weighted by Gasteiger charge is 2.06. The lowest BCUT2D eigenvalue weighted by Gasteiger charge is -2.04. The third-order valence-electron chi connectivity index (χ3n) is 2.38. The zero-order valence-electron chi connectivity index (χ0n) is 9.68. The van der Waals surface area contributed by atoms with Gasteiger partial charge in [-0.3, -0.25) is 0 Å². The minimum atomic E-state index is -0.607. The molecule has 0 heterocycles. The highest BCUT2D eigenvalue weighted by molar-refractivity contribution is 7.99. The van der Waals surface area contributed by atoms with Gasteiger partial charge < -0.3 is 10.9 Å². The van der Waals surface area contributed by atoms with Crippen molar-refractivity contribution >= 4 is 17.6 Å². The second-order valence-electron chi connectivity index (χ2n) is 3.69. The lowest BCUT2D eigenvalue weighted by molar-refractivity contribution is 0.318. The molecule has 2 aromatic carbocycles. The molecule has 0 amide bonds. The van der Waals surface area contributed by atoms with E-state index >= 15 is 0 Å². The molecule has 98 valence electrons. The average Bonchev–Trinajstić information content (AvgIpc) is 2.42. The second-order valence-corrected chi connectivity index (χ2v) is 4.80. The van der Waals surface area contributed by atoms with E-state index in [1.54, 1.807) is 24.3 Å². The standard InChI is InChI=1S/C13H10F2N2OS/c14-9-3-6-12(11(15)7-9)19-10-4-1-8(2-5-10)13(16)17-18/h1-7,18H,(H2,16,17). The SMILES string of the molecule is N/C(=N\O)c1ccc(Sc2ccc(F)cc2F)cc1. The average molecular weight is 280 g/mol. The maximum absolute atomic E-state index is 13.5. The molecule has 0 unspecified atom stereocenters. The molecule has 0 bridgehead atoms. The summed E-state index contributed by atoms with van der Waals surface area (Å²) in [7, 11) is 0. The van der Waals surface area contributed by atoms with Crippen molar-refractivity contribution in [2.45, 2.75) is 9.79 Å². The Bertz CT molecular complexity index is 615. The Labute approximate surface area is 112 Å². The fourth-order valence-electron chi connectivity index (χ4n) is 1.44. The van der Waals surface area contributed by atoms with Crippen molar-refractivity contribution in [1.82, 2.24) is 0 Å². The molecular formula is C13H10F2N2OS. The van der Waals surface area contributed by atoms with Crippen LogP contribution in [0.25, 0.3) is 0 Å². The molecule has 0 aromatic heterocycles. The quantitative estimate of drug-likeness (QED) is 0.393. The van der Waals surface area contributed by atoms with Crippen LogP contribution in [0, 0.1) is 11.6 Å². The molecule has 0 atom stereocenters. The number of nitrogens with two attached hydrogens (primary N) is 1. The van der Waals surface area contributed by atoms with Crippen LogP contribution in [-0.2, 0) is 0 Å². The fraction of sp³-hybridized carbons (Fsp3) is 0. The first-order chi connectivity index (χ1) is 9.10. The van der Waals surface area contributed by atoms with Crippen LogP contribution in [0.2, 0.25) is 0 Å². The molecule has 2 aromatic rings. The van der Waals surface area contributed by atoms with Crippen molar-refractivity contribution in [1.29, 1.82) is 0 Å². The summed E-state index contributed by atoms with van der Waals surface area (Å²) in [6.07, 6.45) is 0. The molecule has 3 nitrogen and oxygen atoms in total. The highest BCUT2D eigenvalue weighted by Crippen LogP contribution is 2.30. The summed E-state index contributed by atoms with van der Waals surface area (Å²) in [5, 5.41) is 11.4. The maximum Gasteiger partial charge on any atom is 0.170 e. The third-order valence-corrected chi connectivity index (χ3v) is 3.44. The molecule has 6 heteroatoms. The molecule has 0 aliphatic heterocycles. The van der Waals surface area contributed by atoms with Gasteiger partial charge in [-0.05, 0) is 24.3 Å². The van der Waals surface area contributed by atoms with E-state index in [1.807, 2.05) is 0 Å². The van der Waals surface area contributed by atoms with Gasteiger partial charge in [0.1, 0.15) is 11.6 Å². The molecule has 0 saturated heterocycles. The molecular weight excluding hydrogens is 270 g/mol. The third kappa shape index (κ3) is 3.23. The summed E-state index contributed by atoms with van der Waals surface area (Å²) in [6.45, 7) is 0. The normalized spacial score (nSPS) is 11.6. The first-order valence-electron chi connectivity index (χ1n) is 5.31. The van der Waals surface area contributed by atoms with E-state index in [0.29, 0.717) is 10.5 Å². The molecule has 0 spiro atoms. The highest BCUT2D eigenvalue weighted by atomic mass is 32.2. The number of hydrogen-bond donors (Lipinski definition) is 2. The van der Waals surface area contributed by atoms with Crippen molar-refractivity contribution in [2.24, 2.45) is 10.9 Å². The molecule has 19 heavy (non-hydrogen) atoms. The topological polar surface area (TPSA) is 58.6 Å². The molecule has 0 fully saturated rings. The molecule has 3 N–H and O–H groups in total. The Balaban J connectivity index is 2.20. The Morgan fingerprint density at radius 3 is 2.37 bits per heavy atom. The molecule has 0 aliphatic carbocycles. The van der Waals surface area contributed by atoms with Crippen LogP contribution in [0.15, 0.2) is 57.4 Å². The van der Waals surface area contributed by atoms with Crippen molar-refractivity contribution in [2.75, 3.05) is 0 Å². The largest absolute Gasteiger partial charge is 0.409 e. The van der Waals surface area contributed by atoms with Crippen LogP contribution >= 0.6 is 11.8 Å². The van der Waals surface area contributed by atoms with Crippen LogP contribution in [-0.4, -0.2) is 11.0 Å².